The first kappa shape index (κ1) is 16.8. The maximum atomic E-state index is 13.3. The molecule has 0 radical (unpaired) electrons. The summed E-state index contributed by atoms with van der Waals surface area (Å²) < 4.78 is 91.4. The Kier molecular flexibility index (Phi) is 4.03. The number of rotatable bonds is 0. The van der Waals surface area contributed by atoms with Gasteiger partial charge in [0.15, 0.2) is 32.7 Å². The lowest BCUT2D eigenvalue weighted by molar-refractivity contribution is -0.0862. The fourth-order valence-corrected chi connectivity index (χ4v) is 4.14. The maximum Gasteiger partial charge on any atom is 0.601 e. The van der Waals surface area contributed by atoms with E-state index in [0.717, 1.165) is 0 Å². The molecule has 0 aliphatic rings. The van der Waals surface area contributed by atoms with Crippen LogP contribution in [0.15, 0.2) is 24.3 Å². The number of hydrogen-bond donors (Lipinski definition) is 0. The Morgan fingerprint density at radius 2 is 0.955 bits per heavy atom. The van der Waals surface area contributed by atoms with Gasteiger partial charge in [0.05, 0.1) is 10.8 Å². The fourth-order valence-electron chi connectivity index (χ4n) is 2.18. The summed E-state index contributed by atoms with van der Waals surface area (Å²) in [6.45, 7) is 0. The van der Waals surface area contributed by atoms with E-state index in [0.29, 0.717) is 24.3 Å². The molecule has 0 saturated carbocycles. The third-order valence-corrected chi connectivity index (χ3v) is 5.02. The Hall–Kier alpha value is -1.54. The van der Waals surface area contributed by atoms with E-state index in [1.54, 1.807) is 0 Å². The van der Waals surface area contributed by atoms with Gasteiger partial charge in [-0.15, -0.1) is 13.2 Å². The van der Waals surface area contributed by atoms with Crippen molar-refractivity contribution in [3.05, 3.63) is 47.5 Å². The Labute approximate surface area is 127 Å². The molecule has 2 aromatic carbocycles. The molecule has 0 nitrogen and oxygen atoms in total. The monoisotopic (exact) mass is 360 g/mol. The van der Waals surface area contributed by atoms with Crippen LogP contribution in [0.3, 0.4) is 0 Å². The first-order valence-electron chi connectivity index (χ1n) is 5.49. The van der Waals surface area contributed by atoms with Gasteiger partial charge in [0.25, 0.3) is 0 Å². The zero-order valence-electron chi connectivity index (χ0n) is 10.2. The van der Waals surface area contributed by atoms with E-state index in [1.807, 2.05) is 0 Å². The minimum atomic E-state index is -4.81. The molecule has 0 bridgehead atoms. The van der Waals surface area contributed by atoms with E-state index >= 15 is 0 Å². The van der Waals surface area contributed by atoms with Gasteiger partial charge in [-0.3, -0.25) is 0 Å². The number of halogens is 8. The summed E-state index contributed by atoms with van der Waals surface area (Å²) in [5.41, 5.74) is -4.81. The zero-order valence-corrected chi connectivity index (χ0v) is 11.8. The van der Waals surface area contributed by atoms with E-state index in [1.165, 1.54) is 0 Å². The summed E-state index contributed by atoms with van der Waals surface area (Å²) in [7, 11) is -2.64. The lowest BCUT2D eigenvalue weighted by atomic mass is 10.1. The Balaban J connectivity index is 0.00000176. The molecule has 0 aliphatic heterocycles. The molecule has 3 rings (SSSR count). The van der Waals surface area contributed by atoms with Crippen LogP contribution in [0.2, 0.25) is 0 Å². The first-order chi connectivity index (χ1) is 9.70. The summed E-state index contributed by atoms with van der Waals surface area (Å²) >= 11 is 0. The van der Waals surface area contributed by atoms with E-state index < -0.39 is 48.6 Å². The van der Waals surface area contributed by atoms with Crippen molar-refractivity contribution in [2.24, 2.45) is 0 Å². The van der Waals surface area contributed by atoms with E-state index in [4.69, 9.17) is 0 Å². The van der Waals surface area contributed by atoms with Crippen LogP contribution in [0.4, 0.5) is 30.7 Å². The predicted molar refractivity (Wildman–Crippen MR) is 65.1 cm³/mol. The molecule has 118 valence electrons. The van der Waals surface area contributed by atoms with Gasteiger partial charge in [0.1, 0.15) is 10.5 Å². The van der Waals surface area contributed by atoms with Crippen LogP contribution in [0.25, 0.3) is 20.2 Å². The number of thiophene rings is 1. The van der Waals surface area contributed by atoms with Crippen molar-refractivity contribution in [1.82, 2.24) is 0 Å². The van der Waals surface area contributed by atoms with Gasteiger partial charge in [-0.25, -0.2) is 17.6 Å². The summed E-state index contributed by atoms with van der Waals surface area (Å²) in [6, 6.07) is 1.99. The minimum Gasteiger partial charge on any atom is -1.00 e. The molecule has 0 N–H and O–H groups in total. The highest BCUT2D eigenvalue weighted by Gasteiger charge is 2.48. The summed E-state index contributed by atoms with van der Waals surface area (Å²) in [5, 5.41) is -0.549. The molecule has 22 heavy (non-hydrogen) atoms. The molecule has 0 saturated heterocycles. The number of hydrogen-bond acceptors (Lipinski definition) is 0. The molecule has 1 aromatic heterocycles. The van der Waals surface area contributed by atoms with Crippen molar-refractivity contribution in [3.63, 3.8) is 0 Å². The van der Waals surface area contributed by atoms with Crippen LogP contribution in [0.5, 0.6) is 0 Å². The lowest BCUT2D eigenvalue weighted by Gasteiger charge is -1.97. The van der Waals surface area contributed by atoms with Crippen LogP contribution in [0.1, 0.15) is 0 Å². The van der Waals surface area contributed by atoms with Crippen LogP contribution in [0, 0.1) is 23.3 Å². The summed E-state index contributed by atoms with van der Waals surface area (Å²) in [4.78, 5) is 0. The maximum absolute atomic E-state index is 13.3. The van der Waals surface area contributed by atoms with Crippen molar-refractivity contribution < 1.29 is 43.1 Å². The highest BCUT2D eigenvalue weighted by atomic mass is 35.5. The second-order valence-corrected chi connectivity index (χ2v) is 6.23. The molecule has 0 fully saturated rings. The van der Waals surface area contributed by atoms with Crippen molar-refractivity contribution in [1.29, 1.82) is 0 Å². The van der Waals surface area contributed by atoms with Gasteiger partial charge in [0, 0.05) is 12.1 Å². The molecule has 9 heteroatoms. The van der Waals surface area contributed by atoms with Gasteiger partial charge >= 0.3 is 5.51 Å². The first-order valence-corrected chi connectivity index (χ1v) is 6.72. The zero-order chi connectivity index (χ0) is 15.5. The summed E-state index contributed by atoms with van der Waals surface area (Å²) in [5.74, 6) is -5.58. The molecule has 0 amide bonds. The molecular weight excluding hydrogens is 357 g/mol. The molecule has 1 heterocycles. The van der Waals surface area contributed by atoms with E-state index in [2.05, 4.69) is 0 Å². The Morgan fingerprint density at radius 3 is 1.27 bits per heavy atom. The Bertz CT molecular complexity index is 817. The van der Waals surface area contributed by atoms with Crippen molar-refractivity contribution >= 4 is 30.6 Å². The van der Waals surface area contributed by atoms with Crippen LogP contribution in [-0.2, 0) is 5.51 Å². The van der Waals surface area contributed by atoms with Crippen molar-refractivity contribution in [2.75, 3.05) is 0 Å². The van der Waals surface area contributed by atoms with Crippen LogP contribution < -0.4 is 12.4 Å². The molecule has 0 atom stereocenters. The topological polar surface area (TPSA) is 0 Å². The lowest BCUT2D eigenvalue weighted by Crippen LogP contribution is -3.00. The Morgan fingerprint density at radius 1 is 0.636 bits per heavy atom. The third kappa shape index (κ3) is 2.40. The van der Waals surface area contributed by atoms with E-state index in [9.17, 15) is 30.7 Å². The van der Waals surface area contributed by atoms with Gasteiger partial charge in [-0.1, -0.05) is 0 Å². The van der Waals surface area contributed by atoms with Gasteiger partial charge < -0.3 is 12.4 Å². The van der Waals surface area contributed by atoms with Crippen LogP contribution >= 0.6 is 10.5 Å². The molecular formula is C13H4ClF7S. The normalized spacial score (nSPS) is 12.0. The second-order valence-electron chi connectivity index (χ2n) is 4.28. The molecule has 0 aliphatic carbocycles. The average Bonchev–Trinajstić information content (AvgIpc) is 2.64. The molecule has 0 unspecified atom stereocenters. The van der Waals surface area contributed by atoms with Crippen molar-refractivity contribution in [2.45, 2.75) is 5.51 Å². The molecule has 3 aromatic rings. The van der Waals surface area contributed by atoms with Crippen molar-refractivity contribution in [3.8, 4) is 0 Å². The number of alkyl halides is 3. The second kappa shape index (κ2) is 5.27. The fraction of sp³-hybridized carbons (Fsp3) is 0.0769. The number of fused-ring (bicyclic) bond motifs is 3. The summed E-state index contributed by atoms with van der Waals surface area (Å²) in [6.07, 6.45) is 0. The van der Waals surface area contributed by atoms with Gasteiger partial charge in [-0.05, 0) is 12.1 Å². The van der Waals surface area contributed by atoms with Gasteiger partial charge in [0.2, 0.25) is 0 Å². The quantitative estimate of drug-likeness (QED) is 0.427. The SMILES string of the molecule is Fc1cc2c3cc(F)c(F)cc3[s+](C(F)(F)F)c2cc1F.[Cl-]. The minimum absolute atomic E-state index is 0. The molecule has 0 spiro atoms. The highest BCUT2D eigenvalue weighted by Crippen LogP contribution is 2.54. The number of benzene rings is 2. The predicted octanol–water partition coefficient (Wildman–Crippen LogP) is 2.78. The van der Waals surface area contributed by atoms with Gasteiger partial charge in [-0.2, -0.15) is 0 Å². The third-order valence-electron chi connectivity index (χ3n) is 3.01. The van der Waals surface area contributed by atoms with Crippen LogP contribution in [-0.4, -0.2) is 0 Å². The highest BCUT2D eigenvalue weighted by molar-refractivity contribution is 7.43. The standard InChI is InChI=1S/C13H4F7S.ClH/c14-7-1-5-6-2-8(15)10(17)4-12(6)21(13(18,19)20)11(5)3-9(7)16;/h1-4H;1H/q+1;/p-1. The largest absolute Gasteiger partial charge is 1.00 e. The average molecular weight is 361 g/mol. The van der Waals surface area contributed by atoms with E-state index in [-0.39, 0.29) is 23.2 Å². The smallest absolute Gasteiger partial charge is 0.601 e.